The third-order valence-corrected chi connectivity index (χ3v) is 4.52. The standard InChI is InChI=1S/C14H19N3S2/c1-3-11(9-18-2)16-8-12-10-19-14(17-12)13-6-4-5-7-15-13/h4-7,10-11,16H,3,8-9H2,1-2H3. The molecule has 0 saturated carbocycles. The Kier molecular flexibility index (Phi) is 5.82. The molecule has 1 atom stereocenters. The Morgan fingerprint density at radius 3 is 3.00 bits per heavy atom. The van der Waals surface area contributed by atoms with Gasteiger partial charge in [0.1, 0.15) is 5.01 Å². The summed E-state index contributed by atoms with van der Waals surface area (Å²) < 4.78 is 0. The minimum Gasteiger partial charge on any atom is -0.308 e. The molecule has 0 bridgehead atoms. The molecule has 0 spiro atoms. The van der Waals surface area contributed by atoms with Gasteiger partial charge in [-0.05, 0) is 24.8 Å². The van der Waals surface area contributed by atoms with Crippen LogP contribution in [0.3, 0.4) is 0 Å². The maximum absolute atomic E-state index is 4.63. The van der Waals surface area contributed by atoms with Crippen LogP contribution in [0.5, 0.6) is 0 Å². The van der Waals surface area contributed by atoms with E-state index in [0.717, 1.165) is 35.1 Å². The van der Waals surface area contributed by atoms with Gasteiger partial charge in [0.05, 0.1) is 11.4 Å². The maximum atomic E-state index is 4.63. The molecule has 0 saturated heterocycles. The van der Waals surface area contributed by atoms with E-state index in [2.05, 4.69) is 33.8 Å². The molecule has 2 heterocycles. The molecule has 102 valence electrons. The Morgan fingerprint density at radius 2 is 2.32 bits per heavy atom. The van der Waals surface area contributed by atoms with Crippen molar-refractivity contribution in [3.63, 3.8) is 0 Å². The highest BCUT2D eigenvalue weighted by Crippen LogP contribution is 2.21. The highest BCUT2D eigenvalue weighted by Gasteiger charge is 2.08. The molecule has 0 aliphatic rings. The lowest BCUT2D eigenvalue weighted by atomic mass is 10.2. The van der Waals surface area contributed by atoms with Crippen LogP contribution < -0.4 is 5.32 Å². The summed E-state index contributed by atoms with van der Waals surface area (Å²) >= 11 is 3.54. The lowest BCUT2D eigenvalue weighted by Gasteiger charge is -2.14. The fraction of sp³-hybridized carbons (Fsp3) is 0.429. The normalized spacial score (nSPS) is 12.5. The maximum Gasteiger partial charge on any atom is 0.142 e. The average Bonchev–Trinajstić information content (AvgIpc) is 2.93. The Morgan fingerprint density at radius 1 is 1.42 bits per heavy atom. The SMILES string of the molecule is CCC(CSC)NCc1csc(-c2ccccn2)n1. The molecule has 0 aliphatic carbocycles. The van der Waals surface area contributed by atoms with E-state index in [1.807, 2.05) is 30.0 Å². The van der Waals surface area contributed by atoms with E-state index in [1.165, 1.54) is 0 Å². The molecule has 5 heteroatoms. The highest BCUT2D eigenvalue weighted by molar-refractivity contribution is 7.98. The van der Waals surface area contributed by atoms with Crippen molar-refractivity contribution in [2.75, 3.05) is 12.0 Å². The molecular weight excluding hydrogens is 274 g/mol. The third-order valence-electron chi connectivity index (χ3n) is 2.87. The number of hydrogen-bond donors (Lipinski definition) is 1. The van der Waals surface area contributed by atoms with Gasteiger partial charge in [0.25, 0.3) is 0 Å². The van der Waals surface area contributed by atoms with Gasteiger partial charge in [-0.1, -0.05) is 13.0 Å². The highest BCUT2D eigenvalue weighted by atomic mass is 32.2. The molecule has 3 nitrogen and oxygen atoms in total. The van der Waals surface area contributed by atoms with Gasteiger partial charge in [-0.3, -0.25) is 4.98 Å². The van der Waals surface area contributed by atoms with Crippen molar-refractivity contribution in [1.82, 2.24) is 15.3 Å². The summed E-state index contributed by atoms with van der Waals surface area (Å²) in [5.41, 5.74) is 2.06. The predicted octanol–water partition coefficient (Wildman–Crippen LogP) is 3.44. The number of rotatable bonds is 7. The van der Waals surface area contributed by atoms with Crippen molar-refractivity contribution in [3.8, 4) is 10.7 Å². The lowest BCUT2D eigenvalue weighted by Crippen LogP contribution is -2.30. The summed E-state index contributed by atoms with van der Waals surface area (Å²) in [6.45, 7) is 3.05. The Hall–Kier alpha value is -0.910. The molecule has 19 heavy (non-hydrogen) atoms. The minimum absolute atomic E-state index is 0.565. The number of aromatic nitrogens is 2. The van der Waals surface area contributed by atoms with E-state index < -0.39 is 0 Å². The fourth-order valence-electron chi connectivity index (χ4n) is 1.77. The number of hydrogen-bond acceptors (Lipinski definition) is 5. The summed E-state index contributed by atoms with van der Waals surface area (Å²) in [6.07, 6.45) is 5.10. The van der Waals surface area contributed by atoms with E-state index in [4.69, 9.17) is 0 Å². The van der Waals surface area contributed by atoms with Gasteiger partial charge in [0, 0.05) is 29.9 Å². The summed E-state index contributed by atoms with van der Waals surface area (Å²) in [4.78, 5) is 8.96. The van der Waals surface area contributed by atoms with Crippen molar-refractivity contribution in [3.05, 3.63) is 35.5 Å². The van der Waals surface area contributed by atoms with Crippen LogP contribution in [-0.4, -0.2) is 28.0 Å². The predicted molar refractivity (Wildman–Crippen MR) is 84.6 cm³/mol. The number of thiazole rings is 1. The molecule has 2 rings (SSSR count). The van der Waals surface area contributed by atoms with E-state index in [9.17, 15) is 0 Å². The third kappa shape index (κ3) is 4.30. The number of nitrogens with zero attached hydrogens (tertiary/aromatic N) is 2. The number of thioether (sulfide) groups is 1. The van der Waals surface area contributed by atoms with Gasteiger partial charge in [-0.2, -0.15) is 11.8 Å². The first-order valence-electron chi connectivity index (χ1n) is 6.41. The Labute approximate surface area is 122 Å². The van der Waals surface area contributed by atoms with E-state index >= 15 is 0 Å². The van der Waals surface area contributed by atoms with Crippen LogP contribution in [0.25, 0.3) is 10.7 Å². The van der Waals surface area contributed by atoms with Crippen LogP contribution in [0.1, 0.15) is 19.0 Å². The van der Waals surface area contributed by atoms with Gasteiger partial charge in [-0.25, -0.2) is 4.98 Å². The number of pyridine rings is 1. The van der Waals surface area contributed by atoms with Crippen molar-refractivity contribution in [2.24, 2.45) is 0 Å². The van der Waals surface area contributed by atoms with Crippen LogP contribution in [0, 0.1) is 0 Å². The van der Waals surface area contributed by atoms with Gasteiger partial charge < -0.3 is 5.32 Å². The van der Waals surface area contributed by atoms with Gasteiger partial charge in [0.2, 0.25) is 0 Å². The first-order chi connectivity index (χ1) is 9.33. The van der Waals surface area contributed by atoms with Crippen LogP contribution in [0.15, 0.2) is 29.8 Å². The van der Waals surface area contributed by atoms with Crippen molar-refractivity contribution in [1.29, 1.82) is 0 Å². The zero-order valence-electron chi connectivity index (χ0n) is 11.3. The fourth-order valence-corrected chi connectivity index (χ4v) is 3.32. The molecule has 2 aromatic heterocycles. The van der Waals surface area contributed by atoms with E-state index in [1.54, 1.807) is 17.5 Å². The summed E-state index contributed by atoms with van der Waals surface area (Å²) in [5.74, 6) is 1.15. The first-order valence-corrected chi connectivity index (χ1v) is 8.69. The van der Waals surface area contributed by atoms with Crippen LogP contribution in [0.4, 0.5) is 0 Å². The van der Waals surface area contributed by atoms with Gasteiger partial charge in [0.15, 0.2) is 0 Å². The first kappa shape index (κ1) is 14.5. The monoisotopic (exact) mass is 293 g/mol. The largest absolute Gasteiger partial charge is 0.308 e. The molecule has 0 aliphatic heterocycles. The lowest BCUT2D eigenvalue weighted by molar-refractivity contribution is 0.537. The summed E-state index contributed by atoms with van der Waals surface area (Å²) in [6, 6.07) is 6.48. The van der Waals surface area contributed by atoms with Crippen LogP contribution >= 0.6 is 23.1 Å². The van der Waals surface area contributed by atoms with E-state index in [-0.39, 0.29) is 0 Å². The molecule has 1 N–H and O–H groups in total. The second-order valence-corrected chi connectivity index (χ2v) is 6.07. The van der Waals surface area contributed by atoms with Crippen molar-refractivity contribution >= 4 is 23.1 Å². The quantitative estimate of drug-likeness (QED) is 0.848. The van der Waals surface area contributed by atoms with Gasteiger partial charge >= 0.3 is 0 Å². The molecule has 0 aromatic carbocycles. The molecule has 2 aromatic rings. The van der Waals surface area contributed by atoms with Gasteiger partial charge in [-0.15, -0.1) is 11.3 Å². The Balaban J connectivity index is 1.94. The van der Waals surface area contributed by atoms with E-state index in [0.29, 0.717) is 6.04 Å². The topological polar surface area (TPSA) is 37.8 Å². The second kappa shape index (κ2) is 7.62. The zero-order valence-corrected chi connectivity index (χ0v) is 12.9. The minimum atomic E-state index is 0.565. The number of nitrogens with one attached hydrogen (secondary N) is 1. The summed E-state index contributed by atoms with van der Waals surface area (Å²) in [5, 5.41) is 6.66. The molecular formula is C14H19N3S2. The second-order valence-electron chi connectivity index (χ2n) is 4.30. The van der Waals surface area contributed by atoms with Crippen LogP contribution in [-0.2, 0) is 6.54 Å². The molecule has 1 unspecified atom stereocenters. The van der Waals surface area contributed by atoms with Crippen molar-refractivity contribution < 1.29 is 0 Å². The zero-order chi connectivity index (χ0) is 13.5. The smallest absolute Gasteiger partial charge is 0.142 e. The molecule has 0 fully saturated rings. The summed E-state index contributed by atoms with van der Waals surface area (Å²) in [7, 11) is 0. The molecule has 0 amide bonds. The Bertz CT molecular complexity index is 484. The molecule has 0 radical (unpaired) electrons. The van der Waals surface area contributed by atoms with Crippen molar-refractivity contribution in [2.45, 2.75) is 25.9 Å². The average molecular weight is 293 g/mol. The van der Waals surface area contributed by atoms with Crippen LogP contribution in [0.2, 0.25) is 0 Å².